The van der Waals surface area contributed by atoms with Crippen molar-refractivity contribution >= 4 is 17.5 Å². The first kappa shape index (κ1) is 13.4. The van der Waals surface area contributed by atoms with Crippen LogP contribution in [-0.2, 0) is 9.59 Å². The van der Waals surface area contributed by atoms with E-state index in [0.717, 1.165) is 0 Å². The van der Waals surface area contributed by atoms with E-state index in [9.17, 15) is 9.59 Å². The van der Waals surface area contributed by atoms with Crippen molar-refractivity contribution in [3.63, 3.8) is 0 Å². The molecule has 1 atom stereocenters. The van der Waals surface area contributed by atoms with E-state index in [0.29, 0.717) is 31.1 Å². The van der Waals surface area contributed by atoms with Gasteiger partial charge in [0.1, 0.15) is 12.4 Å². The maximum Gasteiger partial charge on any atom is 0.229 e. The van der Waals surface area contributed by atoms with Gasteiger partial charge in [-0.2, -0.15) is 0 Å². The number of ether oxygens (including phenoxy) is 1. The Balaban J connectivity index is 1.88. The van der Waals surface area contributed by atoms with Crippen molar-refractivity contribution in [2.75, 3.05) is 25.0 Å². The number of nitrogens with two attached hydrogens (primary N) is 1. The van der Waals surface area contributed by atoms with Gasteiger partial charge in [0.25, 0.3) is 0 Å². The standard InChI is InChI=1S/C13H17N3O3/c14-5-6-19-11-3-1-10(2-4-11)16-13(18)9-7-12(17)15-8-9/h1-4,9H,5-8,14H2,(H,15,17)(H,16,18). The number of benzene rings is 1. The molecule has 0 saturated carbocycles. The van der Waals surface area contributed by atoms with Gasteiger partial charge in [-0.25, -0.2) is 0 Å². The smallest absolute Gasteiger partial charge is 0.229 e. The summed E-state index contributed by atoms with van der Waals surface area (Å²) in [7, 11) is 0. The van der Waals surface area contributed by atoms with Crippen molar-refractivity contribution in [1.29, 1.82) is 0 Å². The molecule has 1 aromatic rings. The Kier molecular flexibility index (Phi) is 4.35. The van der Waals surface area contributed by atoms with Crippen molar-refractivity contribution in [2.24, 2.45) is 11.7 Å². The van der Waals surface area contributed by atoms with Crippen LogP contribution in [0.1, 0.15) is 6.42 Å². The number of anilines is 1. The van der Waals surface area contributed by atoms with Crippen LogP contribution in [-0.4, -0.2) is 31.5 Å². The van der Waals surface area contributed by atoms with E-state index < -0.39 is 0 Å². The second-order valence-corrected chi connectivity index (χ2v) is 4.36. The Morgan fingerprint density at radius 2 is 2.16 bits per heavy atom. The number of nitrogens with one attached hydrogen (secondary N) is 2. The van der Waals surface area contributed by atoms with Crippen LogP contribution in [0.15, 0.2) is 24.3 Å². The SMILES string of the molecule is NCCOc1ccc(NC(=O)C2CNC(=O)C2)cc1. The second kappa shape index (κ2) is 6.19. The van der Waals surface area contributed by atoms with Crippen molar-refractivity contribution in [2.45, 2.75) is 6.42 Å². The zero-order valence-corrected chi connectivity index (χ0v) is 10.5. The molecule has 0 radical (unpaired) electrons. The Morgan fingerprint density at radius 3 is 2.74 bits per heavy atom. The van der Waals surface area contributed by atoms with E-state index in [1.54, 1.807) is 24.3 Å². The molecule has 1 unspecified atom stereocenters. The van der Waals surface area contributed by atoms with E-state index in [-0.39, 0.29) is 24.2 Å². The highest BCUT2D eigenvalue weighted by Crippen LogP contribution is 2.17. The van der Waals surface area contributed by atoms with E-state index in [1.165, 1.54) is 0 Å². The Morgan fingerprint density at radius 1 is 1.42 bits per heavy atom. The third-order valence-electron chi connectivity index (χ3n) is 2.86. The lowest BCUT2D eigenvalue weighted by atomic mass is 10.1. The quantitative estimate of drug-likeness (QED) is 0.702. The molecule has 0 aromatic heterocycles. The Bertz CT molecular complexity index is 459. The normalized spacial score (nSPS) is 17.9. The molecule has 19 heavy (non-hydrogen) atoms. The minimum Gasteiger partial charge on any atom is -0.492 e. The summed E-state index contributed by atoms with van der Waals surface area (Å²) in [6.07, 6.45) is 0.254. The number of hydrogen-bond acceptors (Lipinski definition) is 4. The summed E-state index contributed by atoms with van der Waals surface area (Å²) in [5.41, 5.74) is 6.02. The molecular formula is C13H17N3O3. The summed E-state index contributed by atoms with van der Waals surface area (Å²) in [4.78, 5) is 22.9. The van der Waals surface area contributed by atoms with Gasteiger partial charge in [0, 0.05) is 25.2 Å². The van der Waals surface area contributed by atoms with Gasteiger partial charge in [0.05, 0.1) is 5.92 Å². The summed E-state index contributed by atoms with van der Waals surface area (Å²) in [6, 6.07) is 7.05. The predicted octanol–water partition coefficient (Wildman–Crippen LogP) is 0.0987. The van der Waals surface area contributed by atoms with Crippen LogP contribution in [0.25, 0.3) is 0 Å². The minimum absolute atomic E-state index is 0.0781. The van der Waals surface area contributed by atoms with Crippen LogP contribution >= 0.6 is 0 Å². The predicted molar refractivity (Wildman–Crippen MR) is 70.7 cm³/mol. The summed E-state index contributed by atoms with van der Waals surface area (Å²) >= 11 is 0. The fourth-order valence-corrected chi connectivity index (χ4v) is 1.85. The zero-order chi connectivity index (χ0) is 13.7. The van der Waals surface area contributed by atoms with Crippen LogP contribution in [0.5, 0.6) is 5.75 Å². The van der Waals surface area contributed by atoms with Gasteiger partial charge in [0.2, 0.25) is 11.8 Å². The lowest BCUT2D eigenvalue weighted by Crippen LogP contribution is -2.24. The number of carbonyl (C=O) groups excluding carboxylic acids is 2. The van der Waals surface area contributed by atoms with Crippen molar-refractivity contribution in [1.82, 2.24) is 5.32 Å². The largest absolute Gasteiger partial charge is 0.492 e. The van der Waals surface area contributed by atoms with Crippen LogP contribution in [0.4, 0.5) is 5.69 Å². The van der Waals surface area contributed by atoms with Crippen molar-refractivity contribution in [3.05, 3.63) is 24.3 Å². The summed E-state index contributed by atoms with van der Waals surface area (Å²) in [5.74, 6) is 0.196. The molecule has 1 aromatic carbocycles. The van der Waals surface area contributed by atoms with Gasteiger partial charge < -0.3 is 21.1 Å². The molecule has 102 valence electrons. The molecule has 4 N–H and O–H groups in total. The first-order chi connectivity index (χ1) is 9.19. The highest BCUT2D eigenvalue weighted by molar-refractivity contribution is 5.97. The van der Waals surface area contributed by atoms with Crippen molar-refractivity contribution in [3.8, 4) is 5.75 Å². The summed E-state index contributed by atoms with van der Waals surface area (Å²) in [6.45, 7) is 1.32. The third-order valence-corrected chi connectivity index (χ3v) is 2.86. The second-order valence-electron chi connectivity index (χ2n) is 4.36. The molecule has 0 spiro atoms. The molecule has 1 fully saturated rings. The number of amides is 2. The summed E-state index contributed by atoms with van der Waals surface area (Å²) < 4.78 is 5.34. The van der Waals surface area contributed by atoms with Crippen LogP contribution in [0.3, 0.4) is 0 Å². The van der Waals surface area contributed by atoms with Crippen molar-refractivity contribution < 1.29 is 14.3 Å². The van der Waals surface area contributed by atoms with Gasteiger partial charge in [-0.3, -0.25) is 9.59 Å². The van der Waals surface area contributed by atoms with E-state index >= 15 is 0 Å². The molecule has 6 nitrogen and oxygen atoms in total. The minimum atomic E-state index is -0.291. The molecular weight excluding hydrogens is 246 g/mol. The molecule has 0 bridgehead atoms. The van der Waals surface area contributed by atoms with E-state index in [4.69, 9.17) is 10.5 Å². The zero-order valence-electron chi connectivity index (χ0n) is 10.5. The molecule has 1 aliphatic rings. The van der Waals surface area contributed by atoms with E-state index in [1.807, 2.05) is 0 Å². The highest BCUT2D eigenvalue weighted by Gasteiger charge is 2.27. The Hall–Kier alpha value is -2.08. The number of hydrogen-bond donors (Lipinski definition) is 3. The average Bonchev–Trinajstić information content (AvgIpc) is 2.85. The topological polar surface area (TPSA) is 93.4 Å². The molecule has 1 aliphatic heterocycles. The highest BCUT2D eigenvalue weighted by atomic mass is 16.5. The number of rotatable bonds is 5. The van der Waals surface area contributed by atoms with Gasteiger partial charge in [-0.1, -0.05) is 0 Å². The van der Waals surface area contributed by atoms with Crippen LogP contribution in [0, 0.1) is 5.92 Å². The Labute approximate surface area is 111 Å². The molecule has 0 aliphatic carbocycles. The van der Waals surface area contributed by atoms with Crippen LogP contribution in [0.2, 0.25) is 0 Å². The van der Waals surface area contributed by atoms with Gasteiger partial charge in [0.15, 0.2) is 0 Å². The molecule has 1 heterocycles. The maximum atomic E-state index is 11.9. The first-order valence-electron chi connectivity index (χ1n) is 6.19. The molecule has 6 heteroatoms. The fourth-order valence-electron chi connectivity index (χ4n) is 1.85. The molecule has 2 amide bonds. The van der Waals surface area contributed by atoms with E-state index in [2.05, 4.69) is 10.6 Å². The first-order valence-corrected chi connectivity index (χ1v) is 6.19. The maximum absolute atomic E-state index is 11.9. The summed E-state index contributed by atoms with van der Waals surface area (Å²) in [5, 5.41) is 5.41. The fraction of sp³-hybridized carbons (Fsp3) is 0.385. The third kappa shape index (κ3) is 3.69. The number of carbonyl (C=O) groups is 2. The molecule has 1 saturated heterocycles. The van der Waals surface area contributed by atoms with Gasteiger partial charge in [-0.15, -0.1) is 0 Å². The molecule has 2 rings (SSSR count). The van der Waals surface area contributed by atoms with Crippen LogP contribution < -0.4 is 21.1 Å². The lowest BCUT2D eigenvalue weighted by molar-refractivity contribution is -0.123. The van der Waals surface area contributed by atoms with Gasteiger partial charge >= 0.3 is 0 Å². The average molecular weight is 263 g/mol. The lowest BCUT2D eigenvalue weighted by Gasteiger charge is -2.10. The van der Waals surface area contributed by atoms with Gasteiger partial charge in [-0.05, 0) is 24.3 Å². The monoisotopic (exact) mass is 263 g/mol.